The summed E-state index contributed by atoms with van der Waals surface area (Å²) in [5, 5.41) is 23.2. The van der Waals surface area contributed by atoms with Crippen LogP contribution in [0.15, 0.2) is 40.8 Å². The van der Waals surface area contributed by atoms with Gasteiger partial charge in [0.25, 0.3) is 0 Å². The van der Waals surface area contributed by atoms with Crippen LogP contribution in [-0.2, 0) is 24.4 Å². The number of rotatable bonds is 5. The SMILES string of the molecule is C[C@]12CCC(=O)C=C1CC[C@@H]1[C@@H]2[C@@H](O)C[C@@]2(C)[C@H]1CC[C@]2(O)C(=O)COC(=O)c1cccc(S(=O)(=O)[O-])c1.[Na+]. The van der Waals surface area contributed by atoms with Crippen LogP contribution in [0.2, 0.25) is 0 Å². The number of aliphatic hydroxyl groups excluding tert-OH is 1. The summed E-state index contributed by atoms with van der Waals surface area (Å²) in [4.78, 5) is 37.4. The number of ether oxygens (including phenoxy) is 1. The van der Waals surface area contributed by atoms with E-state index in [1.165, 1.54) is 12.1 Å². The largest absolute Gasteiger partial charge is 1.00 e. The summed E-state index contributed by atoms with van der Waals surface area (Å²) in [6.07, 6.45) is 4.66. The number of allylic oxidation sites excluding steroid dienone is 1. The summed E-state index contributed by atoms with van der Waals surface area (Å²) in [6, 6.07) is 4.45. The van der Waals surface area contributed by atoms with Gasteiger partial charge in [0, 0.05) is 11.8 Å². The maximum atomic E-state index is 13.4. The van der Waals surface area contributed by atoms with Crippen LogP contribution in [-0.4, -0.2) is 59.0 Å². The van der Waals surface area contributed by atoms with Crippen molar-refractivity contribution in [3.63, 3.8) is 0 Å². The van der Waals surface area contributed by atoms with Crippen LogP contribution in [0.3, 0.4) is 0 Å². The summed E-state index contributed by atoms with van der Waals surface area (Å²) in [6.45, 7) is 3.25. The minimum absolute atomic E-state index is 0. The van der Waals surface area contributed by atoms with Gasteiger partial charge in [-0.3, -0.25) is 9.59 Å². The van der Waals surface area contributed by atoms with E-state index in [-0.39, 0.29) is 76.9 Å². The van der Waals surface area contributed by atoms with Crippen molar-refractivity contribution < 1.29 is 71.9 Å². The van der Waals surface area contributed by atoms with E-state index in [0.29, 0.717) is 19.3 Å². The molecule has 4 aliphatic carbocycles. The van der Waals surface area contributed by atoms with E-state index in [9.17, 15) is 37.6 Å². The second-order valence-corrected chi connectivity index (χ2v) is 13.3. The number of carbonyl (C=O) groups is 3. The first-order chi connectivity index (χ1) is 17.7. The Bertz CT molecular complexity index is 1340. The molecule has 0 saturated heterocycles. The predicted molar refractivity (Wildman–Crippen MR) is 133 cm³/mol. The van der Waals surface area contributed by atoms with Crippen molar-refractivity contribution in [1.82, 2.24) is 0 Å². The van der Waals surface area contributed by atoms with Crippen molar-refractivity contribution in [1.29, 1.82) is 0 Å². The topological polar surface area (TPSA) is 158 Å². The molecule has 206 valence electrons. The van der Waals surface area contributed by atoms with Crippen LogP contribution in [0, 0.1) is 28.6 Å². The van der Waals surface area contributed by atoms with Gasteiger partial charge in [0.2, 0.25) is 5.78 Å². The van der Waals surface area contributed by atoms with E-state index in [2.05, 4.69) is 6.92 Å². The fourth-order valence-corrected chi connectivity index (χ4v) is 8.78. The number of benzene rings is 1. The van der Waals surface area contributed by atoms with Crippen molar-refractivity contribution in [2.45, 2.75) is 75.4 Å². The third-order valence-corrected chi connectivity index (χ3v) is 11.0. The molecule has 1 aromatic carbocycles. The summed E-state index contributed by atoms with van der Waals surface area (Å²) in [7, 11) is -4.77. The molecule has 0 heterocycles. The van der Waals surface area contributed by atoms with Gasteiger partial charge in [0.1, 0.15) is 15.7 Å². The van der Waals surface area contributed by atoms with Crippen LogP contribution in [0.5, 0.6) is 0 Å². The minimum Gasteiger partial charge on any atom is -0.744 e. The number of ketones is 2. The second-order valence-electron chi connectivity index (χ2n) is 12.0. The maximum absolute atomic E-state index is 13.4. The zero-order chi connectivity index (χ0) is 27.7. The van der Waals surface area contributed by atoms with E-state index in [4.69, 9.17) is 4.74 Å². The van der Waals surface area contributed by atoms with Gasteiger partial charge in [-0.1, -0.05) is 25.5 Å². The predicted octanol–water partition coefficient (Wildman–Crippen LogP) is -0.446. The summed E-state index contributed by atoms with van der Waals surface area (Å²) < 4.78 is 38.9. The standard InChI is InChI=1S/C28H34O9S.Na/c1-26-10-8-18(29)13-17(26)6-7-20-21-9-11-28(33,27(21,2)14-22(30)24(20)26)23(31)15-37-25(32)16-4-3-5-19(12-16)38(34,35)36;/h3-5,12-13,20-22,24,30,33H,6-11,14-15H2,1-2H3,(H,34,35,36);/q;+1/p-1/t20-,21-,22-,24+,26-,27-,28-;/m0./s1. The van der Waals surface area contributed by atoms with Crippen molar-refractivity contribution in [2.24, 2.45) is 28.6 Å². The minimum atomic E-state index is -4.77. The molecular formula is C28H33NaO9S. The second kappa shape index (κ2) is 10.5. The molecule has 0 unspecified atom stereocenters. The molecule has 11 heteroatoms. The van der Waals surface area contributed by atoms with Crippen molar-refractivity contribution in [3.05, 3.63) is 41.5 Å². The van der Waals surface area contributed by atoms with Crippen molar-refractivity contribution >= 4 is 27.7 Å². The van der Waals surface area contributed by atoms with Crippen LogP contribution in [0.4, 0.5) is 0 Å². The third-order valence-electron chi connectivity index (χ3n) is 10.2. The van der Waals surface area contributed by atoms with Crippen LogP contribution < -0.4 is 29.6 Å². The smallest absolute Gasteiger partial charge is 0.744 e. The number of esters is 1. The number of hydrogen-bond acceptors (Lipinski definition) is 9. The van der Waals surface area contributed by atoms with Gasteiger partial charge in [-0.2, -0.15) is 0 Å². The van der Waals surface area contributed by atoms with Crippen molar-refractivity contribution in [2.75, 3.05) is 6.61 Å². The average Bonchev–Trinajstić information content (AvgIpc) is 3.13. The fraction of sp³-hybridized carbons (Fsp3) is 0.607. The maximum Gasteiger partial charge on any atom is 1.00 e. The summed E-state index contributed by atoms with van der Waals surface area (Å²) in [5.74, 6) is -1.52. The van der Waals surface area contributed by atoms with E-state index < -0.39 is 50.5 Å². The molecule has 0 radical (unpaired) electrons. The number of aliphatic hydroxyl groups is 2. The van der Waals surface area contributed by atoms with E-state index in [1.807, 2.05) is 6.92 Å². The first-order valence-electron chi connectivity index (χ1n) is 13.1. The Hall–Kier alpha value is -1.40. The Morgan fingerprint density at radius 2 is 1.87 bits per heavy atom. The Balaban J connectivity index is 0.00000353. The molecule has 4 aliphatic rings. The molecule has 9 nitrogen and oxygen atoms in total. The van der Waals surface area contributed by atoms with Gasteiger partial charge in [-0.25, -0.2) is 13.2 Å². The average molecular weight is 569 g/mol. The molecule has 0 aromatic heterocycles. The molecule has 0 spiro atoms. The zero-order valence-electron chi connectivity index (χ0n) is 22.5. The van der Waals surface area contributed by atoms with Crippen LogP contribution >= 0.6 is 0 Å². The number of carbonyl (C=O) groups excluding carboxylic acids is 3. The van der Waals surface area contributed by atoms with Gasteiger partial charge < -0.3 is 19.5 Å². The van der Waals surface area contributed by atoms with Gasteiger partial charge in [-0.05, 0) is 86.0 Å². The van der Waals surface area contributed by atoms with Gasteiger partial charge in [0.05, 0.1) is 16.6 Å². The molecule has 3 saturated carbocycles. The van der Waals surface area contributed by atoms with Crippen LogP contribution in [0.1, 0.15) is 69.2 Å². The molecule has 7 atom stereocenters. The normalized spacial score (nSPS) is 37.5. The Labute approximate surface area is 250 Å². The first kappa shape index (κ1) is 30.6. The van der Waals surface area contributed by atoms with E-state index in [1.54, 1.807) is 6.08 Å². The van der Waals surface area contributed by atoms with E-state index >= 15 is 0 Å². The van der Waals surface area contributed by atoms with E-state index in [0.717, 1.165) is 30.5 Å². The summed E-state index contributed by atoms with van der Waals surface area (Å²) in [5.41, 5.74) is -2.11. The molecule has 39 heavy (non-hydrogen) atoms. The van der Waals surface area contributed by atoms with Crippen LogP contribution in [0.25, 0.3) is 0 Å². The third kappa shape index (κ3) is 4.90. The first-order valence-corrected chi connectivity index (χ1v) is 14.5. The van der Waals surface area contributed by atoms with Crippen molar-refractivity contribution in [3.8, 4) is 0 Å². The molecular weight excluding hydrogens is 535 g/mol. The Morgan fingerprint density at radius 1 is 1.15 bits per heavy atom. The molecule has 1 aromatic rings. The van der Waals surface area contributed by atoms with Gasteiger partial charge in [-0.15, -0.1) is 0 Å². The van der Waals surface area contributed by atoms with Gasteiger partial charge >= 0.3 is 35.5 Å². The quantitative estimate of drug-likeness (QED) is 0.273. The molecule has 5 rings (SSSR count). The number of hydrogen-bond donors (Lipinski definition) is 2. The fourth-order valence-electron chi connectivity index (χ4n) is 8.26. The monoisotopic (exact) mass is 568 g/mol. The van der Waals surface area contributed by atoms with Gasteiger partial charge in [0.15, 0.2) is 12.4 Å². The molecule has 0 bridgehead atoms. The molecule has 3 fully saturated rings. The zero-order valence-corrected chi connectivity index (χ0v) is 25.3. The molecule has 2 N–H and O–H groups in total. The molecule has 0 aliphatic heterocycles. The number of fused-ring (bicyclic) bond motifs is 5. The molecule has 0 amide bonds. The summed E-state index contributed by atoms with van der Waals surface area (Å²) >= 11 is 0. The number of Topliss-reactive ketones (excluding diaryl/α,β-unsaturated/α-hetero) is 1. The Kier molecular flexibility index (Phi) is 8.19. The Morgan fingerprint density at radius 3 is 2.56 bits per heavy atom.